The summed E-state index contributed by atoms with van der Waals surface area (Å²) >= 11 is 0. The fourth-order valence-electron chi connectivity index (χ4n) is 2.35. The van der Waals surface area contributed by atoms with Gasteiger partial charge in [0, 0.05) is 12.3 Å². The summed E-state index contributed by atoms with van der Waals surface area (Å²) in [6, 6.07) is 0. The Labute approximate surface area is 93.3 Å². The van der Waals surface area contributed by atoms with E-state index in [1.165, 1.54) is 18.4 Å². The fourth-order valence-corrected chi connectivity index (χ4v) is 2.35. The average molecular weight is 206 g/mol. The van der Waals surface area contributed by atoms with Crippen LogP contribution >= 0.6 is 0 Å². The first-order valence-electron chi connectivity index (χ1n) is 5.86. The SMILES string of the molecule is C=C1CCCC(C)(C)C1C=CC(=O)CC. The number of hydrogen-bond donors (Lipinski definition) is 0. The molecule has 0 aliphatic heterocycles. The summed E-state index contributed by atoms with van der Waals surface area (Å²) in [5.74, 6) is 0.589. The zero-order chi connectivity index (χ0) is 11.5. The molecule has 1 aliphatic rings. The van der Waals surface area contributed by atoms with Crippen molar-refractivity contribution in [1.82, 2.24) is 0 Å². The van der Waals surface area contributed by atoms with Crippen molar-refractivity contribution in [2.75, 3.05) is 0 Å². The van der Waals surface area contributed by atoms with Gasteiger partial charge in [-0.2, -0.15) is 0 Å². The molecule has 1 atom stereocenters. The van der Waals surface area contributed by atoms with Crippen molar-refractivity contribution in [2.24, 2.45) is 11.3 Å². The standard InChI is InChI=1S/C14H22O/c1-5-12(15)8-9-13-11(2)7-6-10-14(13,3)4/h8-9,13H,2,5-7,10H2,1,3-4H3. The summed E-state index contributed by atoms with van der Waals surface area (Å²) in [6.07, 6.45) is 7.96. The van der Waals surface area contributed by atoms with Crippen LogP contribution in [0.1, 0.15) is 46.5 Å². The van der Waals surface area contributed by atoms with E-state index in [0.29, 0.717) is 12.3 Å². The molecule has 0 aromatic rings. The lowest BCUT2D eigenvalue weighted by Gasteiger charge is -2.38. The smallest absolute Gasteiger partial charge is 0.155 e. The van der Waals surface area contributed by atoms with Gasteiger partial charge in [-0.15, -0.1) is 0 Å². The van der Waals surface area contributed by atoms with Gasteiger partial charge in [0.2, 0.25) is 0 Å². The third kappa shape index (κ3) is 3.05. The van der Waals surface area contributed by atoms with Gasteiger partial charge in [0.15, 0.2) is 5.78 Å². The second-order valence-electron chi connectivity index (χ2n) is 5.16. The van der Waals surface area contributed by atoms with Gasteiger partial charge >= 0.3 is 0 Å². The molecule has 1 rings (SSSR count). The molecular formula is C14H22O. The zero-order valence-electron chi connectivity index (χ0n) is 10.2. The van der Waals surface area contributed by atoms with E-state index >= 15 is 0 Å². The third-order valence-corrected chi connectivity index (χ3v) is 3.42. The summed E-state index contributed by atoms with van der Waals surface area (Å²) in [6.45, 7) is 10.6. The monoisotopic (exact) mass is 206 g/mol. The van der Waals surface area contributed by atoms with Gasteiger partial charge < -0.3 is 0 Å². The number of allylic oxidation sites excluding steroid dienone is 3. The predicted molar refractivity (Wildman–Crippen MR) is 64.7 cm³/mol. The van der Waals surface area contributed by atoms with E-state index in [1.807, 2.05) is 6.92 Å². The van der Waals surface area contributed by atoms with E-state index in [2.05, 4.69) is 26.5 Å². The van der Waals surface area contributed by atoms with E-state index in [1.54, 1.807) is 6.08 Å². The van der Waals surface area contributed by atoms with Crippen molar-refractivity contribution < 1.29 is 4.79 Å². The Bertz CT molecular complexity index is 284. The molecule has 0 aromatic carbocycles. The van der Waals surface area contributed by atoms with Crippen molar-refractivity contribution in [3.63, 3.8) is 0 Å². The van der Waals surface area contributed by atoms with Crippen LogP contribution in [0, 0.1) is 11.3 Å². The van der Waals surface area contributed by atoms with Crippen molar-refractivity contribution in [3.05, 3.63) is 24.3 Å². The highest BCUT2D eigenvalue weighted by atomic mass is 16.1. The number of ketones is 1. The van der Waals surface area contributed by atoms with Crippen LogP contribution in [-0.4, -0.2) is 5.78 Å². The van der Waals surface area contributed by atoms with E-state index in [0.717, 1.165) is 6.42 Å². The van der Waals surface area contributed by atoms with E-state index in [9.17, 15) is 4.79 Å². The third-order valence-electron chi connectivity index (χ3n) is 3.42. The van der Waals surface area contributed by atoms with Crippen LogP contribution in [0.5, 0.6) is 0 Å². The normalized spacial score (nSPS) is 25.8. The first kappa shape index (κ1) is 12.2. The van der Waals surface area contributed by atoms with Crippen molar-refractivity contribution in [1.29, 1.82) is 0 Å². The molecule has 84 valence electrons. The van der Waals surface area contributed by atoms with Crippen LogP contribution in [0.15, 0.2) is 24.3 Å². The van der Waals surface area contributed by atoms with Crippen molar-refractivity contribution in [2.45, 2.75) is 46.5 Å². The second-order valence-corrected chi connectivity index (χ2v) is 5.16. The molecule has 15 heavy (non-hydrogen) atoms. The lowest BCUT2D eigenvalue weighted by molar-refractivity contribution is -0.114. The Balaban J connectivity index is 2.76. The number of rotatable bonds is 3. The molecule has 0 radical (unpaired) electrons. The van der Waals surface area contributed by atoms with Gasteiger partial charge in [0.25, 0.3) is 0 Å². The van der Waals surface area contributed by atoms with Gasteiger partial charge in [0.1, 0.15) is 0 Å². The van der Waals surface area contributed by atoms with Gasteiger partial charge in [-0.25, -0.2) is 0 Å². The Kier molecular flexibility index (Phi) is 3.90. The minimum Gasteiger partial charge on any atom is -0.295 e. The Morgan fingerprint density at radius 2 is 2.27 bits per heavy atom. The van der Waals surface area contributed by atoms with Gasteiger partial charge in [-0.3, -0.25) is 4.79 Å². The molecule has 0 bridgehead atoms. The van der Waals surface area contributed by atoms with Crippen LogP contribution < -0.4 is 0 Å². The lowest BCUT2D eigenvalue weighted by atomic mass is 9.66. The first-order valence-corrected chi connectivity index (χ1v) is 5.86. The maximum absolute atomic E-state index is 11.3. The highest BCUT2D eigenvalue weighted by molar-refractivity contribution is 5.89. The number of carbonyl (C=O) groups is 1. The molecule has 0 spiro atoms. The Morgan fingerprint density at radius 1 is 1.60 bits per heavy atom. The summed E-state index contributed by atoms with van der Waals surface area (Å²) in [5, 5.41) is 0. The van der Waals surface area contributed by atoms with Crippen LogP contribution in [-0.2, 0) is 4.79 Å². The molecule has 1 aliphatic carbocycles. The van der Waals surface area contributed by atoms with E-state index in [4.69, 9.17) is 0 Å². The molecule has 1 unspecified atom stereocenters. The molecule has 0 N–H and O–H groups in total. The maximum atomic E-state index is 11.3. The predicted octanol–water partition coefficient (Wildman–Crippen LogP) is 3.90. The highest BCUT2D eigenvalue weighted by Crippen LogP contribution is 2.43. The molecule has 1 heteroatoms. The molecule has 0 aromatic heterocycles. The first-order chi connectivity index (χ1) is 6.97. The molecule has 1 saturated carbocycles. The average Bonchev–Trinajstić information content (AvgIpc) is 2.15. The van der Waals surface area contributed by atoms with E-state index < -0.39 is 0 Å². The van der Waals surface area contributed by atoms with Gasteiger partial charge in [-0.1, -0.05) is 39.0 Å². The van der Waals surface area contributed by atoms with Crippen molar-refractivity contribution >= 4 is 5.78 Å². The number of hydrogen-bond acceptors (Lipinski definition) is 1. The quantitative estimate of drug-likeness (QED) is 0.505. The Hall–Kier alpha value is -0.850. The molecule has 1 fully saturated rings. The molecular weight excluding hydrogens is 184 g/mol. The second kappa shape index (κ2) is 4.78. The summed E-state index contributed by atoms with van der Waals surface area (Å²) in [4.78, 5) is 11.3. The fraction of sp³-hybridized carbons (Fsp3) is 0.643. The maximum Gasteiger partial charge on any atom is 0.155 e. The Morgan fingerprint density at radius 3 is 2.80 bits per heavy atom. The topological polar surface area (TPSA) is 17.1 Å². The van der Waals surface area contributed by atoms with E-state index in [-0.39, 0.29) is 11.2 Å². The minimum absolute atomic E-state index is 0.212. The van der Waals surface area contributed by atoms with Crippen LogP contribution in [0.25, 0.3) is 0 Å². The molecule has 0 heterocycles. The number of carbonyl (C=O) groups excluding carboxylic acids is 1. The van der Waals surface area contributed by atoms with Gasteiger partial charge in [-0.05, 0) is 30.8 Å². The molecule has 0 saturated heterocycles. The lowest BCUT2D eigenvalue weighted by Crippen LogP contribution is -2.28. The highest BCUT2D eigenvalue weighted by Gasteiger charge is 2.32. The summed E-state index contributed by atoms with van der Waals surface area (Å²) in [5.41, 5.74) is 1.55. The summed E-state index contributed by atoms with van der Waals surface area (Å²) in [7, 11) is 0. The van der Waals surface area contributed by atoms with Gasteiger partial charge in [0.05, 0.1) is 0 Å². The minimum atomic E-state index is 0.212. The van der Waals surface area contributed by atoms with Crippen LogP contribution in [0.4, 0.5) is 0 Å². The van der Waals surface area contributed by atoms with Crippen LogP contribution in [0.3, 0.4) is 0 Å². The van der Waals surface area contributed by atoms with Crippen LogP contribution in [0.2, 0.25) is 0 Å². The molecule has 1 nitrogen and oxygen atoms in total. The summed E-state index contributed by atoms with van der Waals surface area (Å²) < 4.78 is 0. The molecule has 0 amide bonds. The largest absolute Gasteiger partial charge is 0.295 e. The van der Waals surface area contributed by atoms with Crippen molar-refractivity contribution in [3.8, 4) is 0 Å². The zero-order valence-corrected chi connectivity index (χ0v) is 10.2.